The van der Waals surface area contributed by atoms with Gasteiger partial charge in [0.05, 0.1) is 6.54 Å². The summed E-state index contributed by atoms with van der Waals surface area (Å²) in [6.07, 6.45) is 1.85. The van der Waals surface area contributed by atoms with Crippen LogP contribution in [-0.2, 0) is 6.54 Å². The van der Waals surface area contributed by atoms with E-state index >= 15 is 0 Å². The van der Waals surface area contributed by atoms with Crippen molar-refractivity contribution < 1.29 is 4.79 Å². The van der Waals surface area contributed by atoms with Gasteiger partial charge in [0, 0.05) is 28.2 Å². The average Bonchev–Trinajstić information content (AvgIpc) is 2.65. The van der Waals surface area contributed by atoms with Gasteiger partial charge in [-0.1, -0.05) is 37.1 Å². The summed E-state index contributed by atoms with van der Waals surface area (Å²) < 4.78 is 0. The lowest BCUT2D eigenvalue weighted by Crippen LogP contribution is -2.33. The van der Waals surface area contributed by atoms with Crippen LogP contribution in [0.3, 0.4) is 0 Å². The molecule has 1 amide bonds. The Morgan fingerprint density at radius 3 is 2.56 bits per heavy atom. The molecule has 0 spiro atoms. The minimum atomic E-state index is -0.154. The molecule has 0 aliphatic rings. The van der Waals surface area contributed by atoms with Gasteiger partial charge >= 0.3 is 0 Å². The van der Waals surface area contributed by atoms with Gasteiger partial charge in [-0.3, -0.25) is 9.59 Å². The molecule has 5 heteroatoms. The van der Waals surface area contributed by atoms with Gasteiger partial charge in [0.25, 0.3) is 11.5 Å². The van der Waals surface area contributed by atoms with Crippen LogP contribution in [0.2, 0.25) is 5.02 Å². The van der Waals surface area contributed by atoms with Crippen LogP contribution in [0.25, 0.3) is 10.9 Å². The fraction of sp³-hybridized carbons (Fsp3) is 0.273. The van der Waals surface area contributed by atoms with E-state index in [4.69, 9.17) is 11.6 Å². The molecule has 1 aromatic heterocycles. The number of aromatic amines is 1. The molecule has 0 saturated heterocycles. The Kier molecular flexibility index (Phi) is 5.97. The zero-order valence-corrected chi connectivity index (χ0v) is 16.3. The number of carbonyl (C=O) groups excluding carboxylic acids is 1. The summed E-state index contributed by atoms with van der Waals surface area (Å²) in [5, 5.41) is 1.55. The molecule has 0 aliphatic carbocycles. The number of hydrogen-bond acceptors (Lipinski definition) is 2. The lowest BCUT2D eigenvalue weighted by atomic mass is 10.1. The van der Waals surface area contributed by atoms with Gasteiger partial charge in [-0.05, 0) is 60.7 Å². The van der Waals surface area contributed by atoms with Gasteiger partial charge in [-0.25, -0.2) is 0 Å². The van der Waals surface area contributed by atoms with Gasteiger partial charge in [-0.15, -0.1) is 0 Å². The molecular formula is C22H23ClN2O2. The van der Waals surface area contributed by atoms with Crippen molar-refractivity contribution in [1.82, 2.24) is 9.88 Å². The van der Waals surface area contributed by atoms with Crippen LogP contribution in [0.1, 0.15) is 41.3 Å². The maximum absolute atomic E-state index is 13.0. The van der Waals surface area contributed by atoms with Gasteiger partial charge in [0.1, 0.15) is 0 Å². The first kappa shape index (κ1) is 19.2. The standard InChI is InChI=1S/C22H23ClN2O2/c1-3-4-11-25(22(27)16-7-9-19(23)10-8-16)14-18-13-17-6-5-15(2)12-20(17)24-21(18)26/h5-10,12-13H,3-4,11,14H2,1-2H3,(H,24,26). The number of carbonyl (C=O) groups is 1. The van der Waals surface area contributed by atoms with E-state index in [9.17, 15) is 9.59 Å². The second-order valence-corrected chi connectivity index (χ2v) is 7.24. The van der Waals surface area contributed by atoms with Gasteiger partial charge in [-0.2, -0.15) is 0 Å². The first-order valence-corrected chi connectivity index (χ1v) is 9.53. The van der Waals surface area contributed by atoms with Crippen LogP contribution >= 0.6 is 11.6 Å². The zero-order valence-electron chi connectivity index (χ0n) is 15.6. The molecule has 140 valence electrons. The SMILES string of the molecule is CCCCN(Cc1cc2ccc(C)cc2[nH]c1=O)C(=O)c1ccc(Cl)cc1. The predicted octanol–water partition coefficient (Wildman–Crippen LogP) is 4.93. The molecule has 1 N–H and O–H groups in total. The van der Waals surface area contributed by atoms with E-state index < -0.39 is 0 Å². The van der Waals surface area contributed by atoms with Crippen molar-refractivity contribution in [3.8, 4) is 0 Å². The number of fused-ring (bicyclic) bond motifs is 1. The van der Waals surface area contributed by atoms with E-state index in [1.54, 1.807) is 29.2 Å². The second-order valence-electron chi connectivity index (χ2n) is 6.80. The van der Waals surface area contributed by atoms with Crippen LogP contribution < -0.4 is 5.56 Å². The Balaban J connectivity index is 1.92. The molecule has 0 bridgehead atoms. The Bertz CT molecular complexity index is 1010. The smallest absolute Gasteiger partial charge is 0.254 e. The van der Waals surface area contributed by atoms with Gasteiger partial charge < -0.3 is 9.88 Å². The van der Waals surface area contributed by atoms with E-state index in [1.165, 1.54) is 0 Å². The van der Waals surface area contributed by atoms with E-state index in [2.05, 4.69) is 11.9 Å². The summed E-state index contributed by atoms with van der Waals surface area (Å²) in [6, 6.07) is 14.7. The third kappa shape index (κ3) is 4.58. The van der Waals surface area contributed by atoms with E-state index in [0.717, 1.165) is 29.3 Å². The van der Waals surface area contributed by atoms with Crippen LogP contribution in [0.5, 0.6) is 0 Å². The monoisotopic (exact) mass is 382 g/mol. The molecule has 0 aliphatic heterocycles. The largest absolute Gasteiger partial charge is 0.334 e. The van der Waals surface area contributed by atoms with Crippen molar-refractivity contribution in [3.63, 3.8) is 0 Å². The van der Waals surface area contributed by atoms with Crippen LogP contribution in [0, 0.1) is 6.92 Å². The molecule has 0 radical (unpaired) electrons. The number of benzene rings is 2. The Morgan fingerprint density at radius 2 is 1.85 bits per heavy atom. The lowest BCUT2D eigenvalue weighted by molar-refractivity contribution is 0.0740. The minimum Gasteiger partial charge on any atom is -0.334 e. The van der Waals surface area contributed by atoms with Crippen molar-refractivity contribution in [2.75, 3.05) is 6.54 Å². The Hall–Kier alpha value is -2.59. The maximum Gasteiger partial charge on any atom is 0.254 e. The number of aromatic nitrogens is 1. The second kappa shape index (κ2) is 8.40. The molecular weight excluding hydrogens is 360 g/mol. The summed E-state index contributed by atoms with van der Waals surface area (Å²) in [6.45, 7) is 4.95. The summed E-state index contributed by atoms with van der Waals surface area (Å²) in [5.41, 5.74) is 2.91. The number of nitrogens with one attached hydrogen (secondary N) is 1. The van der Waals surface area contributed by atoms with E-state index in [1.807, 2.05) is 31.2 Å². The number of H-pyrrole nitrogens is 1. The molecule has 3 rings (SSSR count). The maximum atomic E-state index is 13.0. The van der Waals surface area contributed by atoms with Gasteiger partial charge in [0.15, 0.2) is 0 Å². The first-order chi connectivity index (χ1) is 13.0. The molecule has 4 nitrogen and oxygen atoms in total. The summed E-state index contributed by atoms with van der Waals surface area (Å²) >= 11 is 5.93. The number of amides is 1. The third-order valence-corrected chi connectivity index (χ3v) is 4.85. The van der Waals surface area contributed by atoms with Crippen LogP contribution in [-0.4, -0.2) is 22.3 Å². The number of halogens is 1. The molecule has 0 saturated carbocycles. The lowest BCUT2D eigenvalue weighted by Gasteiger charge is -2.22. The van der Waals surface area contributed by atoms with Crippen molar-refractivity contribution in [1.29, 1.82) is 0 Å². The number of rotatable bonds is 6. The number of unbranched alkanes of at least 4 members (excludes halogenated alkanes) is 1. The fourth-order valence-corrected chi connectivity index (χ4v) is 3.19. The molecule has 0 unspecified atom stereocenters. The summed E-state index contributed by atoms with van der Waals surface area (Å²) in [4.78, 5) is 30.2. The Morgan fingerprint density at radius 1 is 1.11 bits per heavy atom. The van der Waals surface area contributed by atoms with Gasteiger partial charge in [0.2, 0.25) is 0 Å². The highest BCUT2D eigenvalue weighted by Gasteiger charge is 2.17. The average molecular weight is 383 g/mol. The van der Waals surface area contributed by atoms with E-state index in [-0.39, 0.29) is 18.0 Å². The van der Waals surface area contributed by atoms with Crippen molar-refractivity contribution >= 4 is 28.4 Å². The number of aryl methyl sites for hydroxylation is 1. The molecule has 1 heterocycles. The van der Waals surface area contributed by atoms with Crippen molar-refractivity contribution in [2.24, 2.45) is 0 Å². The first-order valence-electron chi connectivity index (χ1n) is 9.15. The number of hydrogen-bond donors (Lipinski definition) is 1. The molecule has 3 aromatic rings. The molecule has 2 aromatic carbocycles. The van der Waals surface area contributed by atoms with Crippen molar-refractivity contribution in [2.45, 2.75) is 33.2 Å². The van der Waals surface area contributed by atoms with Crippen LogP contribution in [0.15, 0.2) is 53.3 Å². The molecule has 27 heavy (non-hydrogen) atoms. The molecule has 0 atom stereocenters. The number of pyridine rings is 1. The normalized spacial score (nSPS) is 10.9. The highest BCUT2D eigenvalue weighted by molar-refractivity contribution is 6.30. The minimum absolute atomic E-state index is 0.0940. The number of nitrogens with zero attached hydrogens (tertiary/aromatic N) is 1. The highest BCUT2D eigenvalue weighted by atomic mass is 35.5. The van der Waals surface area contributed by atoms with Crippen LogP contribution in [0.4, 0.5) is 0 Å². The zero-order chi connectivity index (χ0) is 19.4. The fourth-order valence-electron chi connectivity index (χ4n) is 3.06. The summed E-state index contributed by atoms with van der Waals surface area (Å²) in [5.74, 6) is -0.0940. The van der Waals surface area contributed by atoms with E-state index in [0.29, 0.717) is 22.7 Å². The Labute approximate surface area is 163 Å². The topological polar surface area (TPSA) is 53.2 Å². The molecule has 0 fully saturated rings. The highest BCUT2D eigenvalue weighted by Crippen LogP contribution is 2.16. The quantitative estimate of drug-likeness (QED) is 0.657. The predicted molar refractivity (Wildman–Crippen MR) is 110 cm³/mol. The summed E-state index contributed by atoms with van der Waals surface area (Å²) in [7, 11) is 0. The third-order valence-electron chi connectivity index (χ3n) is 4.60. The van der Waals surface area contributed by atoms with Crippen molar-refractivity contribution in [3.05, 3.63) is 80.6 Å².